The number of nitrogens with zero attached hydrogens (tertiary/aromatic N) is 3. The fourth-order valence-electron chi connectivity index (χ4n) is 4.55. The molecule has 0 unspecified atom stereocenters. The minimum atomic E-state index is -1.27. The lowest BCUT2D eigenvalue weighted by molar-refractivity contribution is 0.0695. The first-order valence-corrected chi connectivity index (χ1v) is 12.1. The molecule has 0 bridgehead atoms. The highest BCUT2D eigenvalue weighted by Gasteiger charge is 2.28. The van der Waals surface area contributed by atoms with Crippen LogP contribution in [0.25, 0.3) is 10.9 Å². The molecule has 0 spiro atoms. The van der Waals surface area contributed by atoms with Crippen LogP contribution in [0.5, 0.6) is 0 Å². The van der Waals surface area contributed by atoms with Crippen molar-refractivity contribution in [1.82, 2.24) is 9.47 Å². The van der Waals surface area contributed by atoms with Gasteiger partial charge in [0.05, 0.1) is 11.2 Å². The fraction of sp³-hybridized carbons (Fsp3) is 0.481. The highest BCUT2D eigenvalue weighted by Crippen LogP contribution is 2.38. The highest BCUT2D eigenvalue weighted by molar-refractivity contribution is 5.93. The summed E-state index contributed by atoms with van der Waals surface area (Å²) in [7, 11) is 0. The number of hydrogen-bond acceptors (Lipinski definition) is 4. The molecule has 1 saturated heterocycles. The predicted molar refractivity (Wildman–Crippen MR) is 134 cm³/mol. The zero-order chi connectivity index (χ0) is 24.4. The van der Waals surface area contributed by atoms with Gasteiger partial charge in [0.1, 0.15) is 11.4 Å². The molecule has 1 N–H and O–H groups in total. The van der Waals surface area contributed by atoms with E-state index >= 15 is 4.39 Å². The van der Waals surface area contributed by atoms with Gasteiger partial charge in [-0.05, 0) is 58.6 Å². The SMILES string of the molecule is CC(C)=CCC/C(C)=C/CN1CCN(c2cc3c(cc2F)c(=O)c(C(=O)O)cn3C2CC2)CC1. The van der Waals surface area contributed by atoms with E-state index in [2.05, 4.69) is 37.8 Å². The number of benzene rings is 1. The van der Waals surface area contributed by atoms with E-state index in [1.54, 1.807) is 6.07 Å². The third-order valence-corrected chi connectivity index (χ3v) is 6.77. The zero-order valence-electron chi connectivity index (χ0n) is 20.3. The standard InChI is InChI=1S/C27H34FN3O3/c1-18(2)5-4-6-19(3)9-10-29-11-13-30(14-12-29)25-16-24-21(15-23(25)28)26(32)22(27(33)34)17-31(24)20-7-8-20/h5,9,15-17,20H,4,6-8,10-14H2,1-3H3,(H,33,34)/b19-9+. The van der Waals surface area contributed by atoms with Gasteiger partial charge in [-0.15, -0.1) is 0 Å². The molecule has 182 valence electrons. The first-order valence-electron chi connectivity index (χ1n) is 12.1. The van der Waals surface area contributed by atoms with Gasteiger partial charge in [-0.1, -0.05) is 23.3 Å². The third-order valence-electron chi connectivity index (χ3n) is 6.77. The number of carbonyl (C=O) groups is 1. The molecule has 1 aromatic carbocycles. The number of hydrogen-bond donors (Lipinski definition) is 1. The van der Waals surface area contributed by atoms with Gasteiger partial charge in [-0.25, -0.2) is 9.18 Å². The van der Waals surface area contributed by atoms with Crippen molar-refractivity contribution >= 4 is 22.6 Å². The Hall–Kier alpha value is -2.93. The lowest BCUT2D eigenvalue weighted by atomic mass is 10.1. The molecule has 2 aliphatic rings. The number of aromatic carboxylic acids is 1. The zero-order valence-corrected chi connectivity index (χ0v) is 20.3. The van der Waals surface area contributed by atoms with Gasteiger partial charge in [0, 0.05) is 50.3 Å². The van der Waals surface area contributed by atoms with Crippen molar-refractivity contribution in [2.75, 3.05) is 37.6 Å². The van der Waals surface area contributed by atoms with Gasteiger partial charge < -0.3 is 14.6 Å². The molecule has 0 atom stereocenters. The van der Waals surface area contributed by atoms with Crippen LogP contribution < -0.4 is 10.3 Å². The molecule has 1 aliphatic heterocycles. The number of rotatable bonds is 8. The molecule has 1 aliphatic carbocycles. The topological polar surface area (TPSA) is 65.8 Å². The summed E-state index contributed by atoms with van der Waals surface area (Å²) < 4.78 is 17.0. The number of piperazine rings is 1. The Kier molecular flexibility index (Phi) is 7.22. The monoisotopic (exact) mass is 467 g/mol. The van der Waals surface area contributed by atoms with Gasteiger partial charge in [0.2, 0.25) is 5.43 Å². The number of halogens is 1. The normalized spacial score (nSPS) is 17.3. The van der Waals surface area contributed by atoms with Crippen molar-refractivity contribution in [3.05, 3.63) is 63.2 Å². The van der Waals surface area contributed by atoms with Crippen LogP contribution in [-0.2, 0) is 0 Å². The van der Waals surface area contributed by atoms with Crippen LogP contribution >= 0.6 is 0 Å². The van der Waals surface area contributed by atoms with E-state index in [4.69, 9.17) is 0 Å². The van der Waals surface area contributed by atoms with E-state index in [1.165, 1.54) is 23.4 Å². The Balaban J connectivity index is 1.49. The largest absolute Gasteiger partial charge is 0.477 e. The molecule has 6 nitrogen and oxygen atoms in total. The van der Waals surface area contributed by atoms with E-state index in [0.717, 1.165) is 45.3 Å². The summed E-state index contributed by atoms with van der Waals surface area (Å²) in [6, 6.07) is 3.13. The van der Waals surface area contributed by atoms with Crippen molar-refractivity contribution < 1.29 is 14.3 Å². The van der Waals surface area contributed by atoms with Crippen molar-refractivity contribution in [2.45, 2.75) is 52.5 Å². The first-order chi connectivity index (χ1) is 16.2. The van der Waals surface area contributed by atoms with E-state index in [0.29, 0.717) is 24.3 Å². The molecule has 1 aromatic heterocycles. The molecule has 34 heavy (non-hydrogen) atoms. The molecule has 0 amide bonds. The van der Waals surface area contributed by atoms with Crippen molar-refractivity contribution in [2.24, 2.45) is 0 Å². The Labute approximate surface area is 200 Å². The highest BCUT2D eigenvalue weighted by atomic mass is 19.1. The smallest absolute Gasteiger partial charge is 0.341 e. The average Bonchev–Trinajstić information content (AvgIpc) is 3.63. The van der Waals surface area contributed by atoms with Crippen LogP contribution in [0, 0.1) is 5.82 Å². The maximum Gasteiger partial charge on any atom is 0.341 e. The molecule has 2 aromatic rings. The Bertz CT molecular complexity index is 1200. The van der Waals surface area contributed by atoms with Gasteiger partial charge in [-0.3, -0.25) is 9.69 Å². The van der Waals surface area contributed by atoms with Gasteiger partial charge in [0.25, 0.3) is 0 Å². The molecule has 2 heterocycles. The Morgan fingerprint density at radius 2 is 1.82 bits per heavy atom. The van der Waals surface area contributed by atoms with Crippen molar-refractivity contribution in [1.29, 1.82) is 0 Å². The predicted octanol–water partition coefficient (Wildman–Crippen LogP) is 4.99. The van der Waals surface area contributed by atoms with Gasteiger partial charge >= 0.3 is 5.97 Å². The lowest BCUT2D eigenvalue weighted by Crippen LogP contribution is -2.46. The number of fused-ring (bicyclic) bond motifs is 1. The molecular weight excluding hydrogens is 433 g/mol. The summed E-state index contributed by atoms with van der Waals surface area (Å²) in [5.74, 6) is -1.75. The lowest BCUT2D eigenvalue weighted by Gasteiger charge is -2.36. The third kappa shape index (κ3) is 5.41. The molecule has 7 heteroatoms. The number of anilines is 1. The fourth-order valence-corrected chi connectivity index (χ4v) is 4.55. The second kappa shape index (κ2) is 10.1. The summed E-state index contributed by atoms with van der Waals surface area (Å²) in [6.45, 7) is 10.4. The Morgan fingerprint density at radius 3 is 2.44 bits per heavy atom. The molecule has 4 rings (SSSR count). The summed E-state index contributed by atoms with van der Waals surface area (Å²) in [5.41, 5.74) is 2.91. The van der Waals surface area contributed by atoms with Crippen molar-refractivity contribution in [3.8, 4) is 0 Å². The molecular formula is C27H34FN3O3. The second-order valence-corrected chi connectivity index (χ2v) is 9.79. The summed E-state index contributed by atoms with van der Waals surface area (Å²) in [4.78, 5) is 28.6. The molecule has 2 fully saturated rings. The van der Waals surface area contributed by atoms with Gasteiger partial charge in [0.15, 0.2) is 0 Å². The number of pyridine rings is 1. The van der Waals surface area contributed by atoms with Crippen LogP contribution in [-0.4, -0.2) is 53.3 Å². The van der Waals surface area contributed by atoms with E-state index in [1.807, 2.05) is 9.47 Å². The minimum absolute atomic E-state index is 0.139. The maximum absolute atomic E-state index is 15.1. The quantitative estimate of drug-likeness (QED) is 0.554. The van der Waals surface area contributed by atoms with Crippen LogP contribution in [0.3, 0.4) is 0 Å². The summed E-state index contributed by atoms with van der Waals surface area (Å²) in [6.07, 6.45) is 9.99. The van der Waals surface area contributed by atoms with Gasteiger partial charge in [-0.2, -0.15) is 0 Å². The Morgan fingerprint density at radius 1 is 1.12 bits per heavy atom. The number of carboxylic acids is 1. The van der Waals surface area contributed by atoms with E-state index < -0.39 is 17.2 Å². The van der Waals surface area contributed by atoms with Crippen molar-refractivity contribution in [3.63, 3.8) is 0 Å². The number of carboxylic acid groups (broad SMARTS) is 1. The van der Waals surface area contributed by atoms with E-state index in [9.17, 15) is 14.7 Å². The first kappa shape index (κ1) is 24.2. The van der Waals surface area contributed by atoms with Crippen LogP contribution in [0.4, 0.5) is 10.1 Å². The molecule has 0 radical (unpaired) electrons. The number of aromatic nitrogens is 1. The average molecular weight is 468 g/mol. The maximum atomic E-state index is 15.1. The van der Waals surface area contributed by atoms with E-state index in [-0.39, 0.29) is 17.0 Å². The van der Waals surface area contributed by atoms with Crippen LogP contribution in [0.15, 0.2) is 46.4 Å². The summed E-state index contributed by atoms with van der Waals surface area (Å²) >= 11 is 0. The molecule has 1 saturated carbocycles. The second-order valence-electron chi connectivity index (χ2n) is 9.79. The van der Waals surface area contributed by atoms with Crippen LogP contribution in [0.2, 0.25) is 0 Å². The minimum Gasteiger partial charge on any atom is -0.477 e. The van der Waals surface area contributed by atoms with Crippen LogP contribution in [0.1, 0.15) is 62.9 Å². The number of allylic oxidation sites excluding steroid dienone is 3. The summed E-state index contributed by atoms with van der Waals surface area (Å²) in [5, 5.41) is 9.56.